The smallest absolute Gasteiger partial charge is 0.371 e. The highest BCUT2D eigenvalue weighted by Gasteiger charge is 2.03. The first-order valence-electron chi connectivity index (χ1n) is 4.03. The second-order valence-corrected chi connectivity index (χ2v) is 2.38. The van der Waals surface area contributed by atoms with Crippen molar-refractivity contribution in [1.29, 1.82) is 0 Å². The lowest BCUT2D eigenvalue weighted by atomic mass is 10.4. The third-order valence-electron chi connectivity index (χ3n) is 1.05. The molecule has 0 aliphatic rings. The molecule has 0 radical (unpaired) electrons. The summed E-state index contributed by atoms with van der Waals surface area (Å²) in [5.74, 6) is -0.693. The molecular formula is C8H14O6. The summed E-state index contributed by atoms with van der Waals surface area (Å²) in [6.07, 6.45) is 0. The van der Waals surface area contributed by atoms with Crippen molar-refractivity contribution in [2.24, 2.45) is 0 Å². The van der Waals surface area contributed by atoms with Crippen LogP contribution in [0.5, 0.6) is 0 Å². The molecule has 0 aromatic rings. The summed E-state index contributed by atoms with van der Waals surface area (Å²) in [4.78, 5) is 19.2. The second-order valence-electron chi connectivity index (χ2n) is 2.38. The Labute approximate surface area is 81.9 Å². The molecule has 0 aliphatic carbocycles. The van der Waals surface area contributed by atoms with Crippen LogP contribution in [0.15, 0.2) is 12.2 Å². The van der Waals surface area contributed by atoms with E-state index in [9.17, 15) is 4.79 Å². The Morgan fingerprint density at radius 1 is 1.36 bits per heavy atom. The van der Waals surface area contributed by atoms with E-state index in [1.165, 1.54) is 6.92 Å². The summed E-state index contributed by atoms with van der Waals surface area (Å²) in [5, 5.41) is 12.4. The number of carbonyl (C=O) groups is 1. The number of hydrogen-bond donors (Lipinski definition) is 1. The van der Waals surface area contributed by atoms with E-state index in [2.05, 4.69) is 21.4 Å². The van der Waals surface area contributed by atoms with Gasteiger partial charge in [-0.1, -0.05) is 6.58 Å². The Hall–Kier alpha value is -0.950. The van der Waals surface area contributed by atoms with Gasteiger partial charge in [-0.2, -0.15) is 4.89 Å². The molecule has 0 aromatic heterocycles. The molecule has 14 heavy (non-hydrogen) atoms. The SMILES string of the molecule is C=C(C)C(=O)OOOCCOCCO. The van der Waals surface area contributed by atoms with E-state index in [1.54, 1.807) is 0 Å². The number of ether oxygens (including phenoxy) is 1. The minimum absolute atomic E-state index is 0.0501. The van der Waals surface area contributed by atoms with Gasteiger partial charge in [0.05, 0.1) is 19.8 Å². The second kappa shape index (κ2) is 8.64. The molecule has 0 aromatic carbocycles. The van der Waals surface area contributed by atoms with Crippen molar-refractivity contribution >= 4 is 5.97 Å². The Balaban J connectivity index is 3.13. The minimum atomic E-state index is -0.693. The summed E-state index contributed by atoms with van der Waals surface area (Å²) >= 11 is 0. The average Bonchev–Trinajstić information content (AvgIpc) is 2.16. The van der Waals surface area contributed by atoms with Gasteiger partial charge in [0.15, 0.2) is 0 Å². The van der Waals surface area contributed by atoms with Gasteiger partial charge in [0, 0.05) is 5.57 Å². The van der Waals surface area contributed by atoms with E-state index in [4.69, 9.17) is 9.84 Å². The maximum atomic E-state index is 10.7. The van der Waals surface area contributed by atoms with Gasteiger partial charge in [0.25, 0.3) is 0 Å². The molecule has 0 rings (SSSR count). The molecule has 0 spiro atoms. The lowest BCUT2D eigenvalue weighted by Crippen LogP contribution is -2.10. The van der Waals surface area contributed by atoms with Crippen LogP contribution in [0.25, 0.3) is 0 Å². The number of hydrogen-bond acceptors (Lipinski definition) is 6. The Morgan fingerprint density at radius 2 is 2.07 bits per heavy atom. The van der Waals surface area contributed by atoms with Crippen LogP contribution in [0.2, 0.25) is 0 Å². The quantitative estimate of drug-likeness (QED) is 0.260. The van der Waals surface area contributed by atoms with E-state index in [0.29, 0.717) is 0 Å². The van der Waals surface area contributed by atoms with Crippen LogP contribution in [-0.2, 0) is 24.3 Å². The average molecular weight is 206 g/mol. The normalized spacial score (nSPS) is 9.86. The van der Waals surface area contributed by atoms with Crippen LogP contribution in [0.4, 0.5) is 0 Å². The Kier molecular flexibility index (Phi) is 8.05. The van der Waals surface area contributed by atoms with E-state index in [-0.39, 0.29) is 32.0 Å². The number of aliphatic hydroxyl groups excluding tert-OH is 1. The lowest BCUT2D eigenvalue weighted by Gasteiger charge is -2.02. The van der Waals surface area contributed by atoms with E-state index < -0.39 is 5.97 Å². The van der Waals surface area contributed by atoms with Crippen LogP contribution >= 0.6 is 0 Å². The molecule has 6 nitrogen and oxygen atoms in total. The van der Waals surface area contributed by atoms with Crippen LogP contribution < -0.4 is 0 Å². The molecule has 0 amide bonds. The Morgan fingerprint density at radius 3 is 2.64 bits per heavy atom. The zero-order valence-electron chi connectivity index (χ0n) is 8.02. The molecular weight excluding hydrogens is 192 g/mol. The first kappa shape index (κ1) is 13.1. The molecule has 0 fully saturated rings. The molecule has 0 unspecified atom stereocenters. The number of carbonyl (C=O) groups excluding carboxylic acids is 1. The van der Waals surface area contributed by atoms with Crippen molar-refractivity contribution < 1.29 is 29.5 Å². The molecule has 0 aliphatic heterocycles. The van der Waals surface area contributed by atoms with Crippen LogP contribution in [0.3, 0.4) is 0 Å². The van der Waals surface area contributed by atoms with Gasteiger partial charge in [-0.25, -0.2) is 4.79 Å². The lowest BCUT2D eigenvalue weighted by molar-refractivity contribution is -0.486. The topological polar surface area (TPSA) is 74.2 Å². The molecule has 1 N–H and O–H groups in total. The van der Waals surface area contributed by atoms with Crippen molar-refractivity contribution in [2.75, 3.05) is 26.4 Å². The minimum Gasteiger partial charge on any atom is -0.394 e. The predicted octanol–water partition coefficient (Wildman–Crippen LogP) is -0.0222. The summed E-state index contributed by atoms with van der Waals surface area (Å²) in [5.41, 5.74) is 0.213. The van der Waals surface area contributed by atoms with Crippen molar-refractivity contribution in [3.63, 3.8) is 0 Å². The van der Waals surface area contributed by atoms with Crippen molar-refractivity contribution in [2.45, 2.75) is 6.92 Å². The van der Waals surface area contributed by atoms with Gasteiger partial charge in [-0.15, -0.1) is 0 Å². The van der Waals surface area contributed by atoms with Gasteiger partial charge in [0.2, 0.25) is 0 Å². The van der Waals surface area contributed by atoms with E-state index >= 15 is 0 Å². The zero-order valence-corrected chi connectivity index (χ0v) is 8.02. The molecule has 6 heteroatoms. The third kappa shape index (κ3) is 7.69. The fourth-order valence-electron chi connectivity index (χ4n) is 0.420. The van der Waals surface area contributed by atoms with Crippen LogP contribution in [-0.4, -0.2) is 37.5 Å². The first-order chi connectivity index (χ1) is 6.68. The van der Waals surface area contributed by atoms with Gasteiger partial charge < -0.3 is 9.84 Å². The molecule has 0 saturated heterocycles. The van der Waals surface area contributed by atoms with Gasteiger partial charge >= 0.3 is 5.97 Å². The highest BCUT2D eigenvalue weighted by atomic mass is 17.5. The molecule has 0 saturated carbocycles. The highest BCUT2D eigenvalue weighted by Crippen LogP contribution is 1.93. The van der Waals surface area contributed by atoms with E-state index in [0.717, 1.165) is 0 Å². The highest BCUT2D eigenvalue weighted by molar-refractivity contribution is 5.86. The Bertz CT molecular complexity index is 179. The molecule has 0 atom stereocenters. The van der Waals surface area contributed by atoms with Gasteiger partial charge in [-0.05, 0) is 12.0 Å². The van der Waals surface area contributed by atoms with E-state index in [1.807, 2.05) is 0 Å². The summed E-state index contributed by atoms with van der Waals surface area (Å²) in [6.45, 7) is 5.34. The maximum absolute atomic E-state index is 10.7. The van der Waals surface area contributed by atoms with Gasteiger partial charge in [-0.3, -0.25) is 4.89 Å². The fourth-order valence-corrected chi connectivity index (χ4v) is 0.420. The van der Waals surface area contributed by atoms with Crippen LogP contribution in [0, 0.1) is 0 Å². The molecule has 0 bridgehead atoms. The third-order valence-corrected chi connectivity index (χ3v) is 1.05. The van der Waals surface area contributed by atoms with Crippen molar-refractivity contribution in [1.82, 2.24) is 0 Å². The standard InChI is InChI=1S/C8H14O6/c1-7(2)8(10)13-14-12-6-5-11-4-3-9/h9H,1,3-6H2,2H3. The fraction of sp³-hybridized carbons (Fsp3) is 0.625. The van der Waals surface area contributed by atoms with Crippen molar-refractivity contribution in [3.8, 4) is 0 Å². The monoisotopic (exact) mass is 206 g/mol. The summed E-state index contributed by atoms with van der Waals surface area (Å²) in [6, 6.07) is 0. The molecule has 82 valence electrons. The summed E-state index contributed by atoms with van der Waals surface area (Å²) in [7, 11) is 0. The maximum Gasteiger partial charge on any atom is 0.371 e. The number of aliphatic hydroxyl groups is 1. The predicted molar refractivity (Wildman–Crippen MR) is 45.8 cm³/mol. The zero-order chi connectivity index (χ0) is 10.8. The molecule has 0 heterocycles. The van der Waals surface area contributed by atoms with Crippen molar-refractivity contribution in [3.05, 3.63) is 12.2 Å². The first-order valence-corrected chi connectivity index (χ1v) is 4.03. The number of rotatable bonds is 8. The van der Waals surface area contributed by atoms with Crippen LogP contribution in [0.1, 0.15) is 6.92 Å². The summed E-state index contributed by atoms with van der Waals surface area (Å²) < 4.78 is 4.82. The largest absolute Gasteiger partial charge is 0.394 e. The van der Waals surface area contributed by atoms with Gasteiger partial charge in [0.1, 0.15) is 6.61 Å².